The van der Waals surface area contributed by atoms with E-state index in [1.807, 2.05) is 0 Å². The normalized spacial score (nSPS) is 11.8. The van der Waals surface area contributed by atoms with Gasteiger partial charge in [-0.05, 0) is 24.3 Å². The van der Waals surface area contributed by atoms with Crippen LogP contribution in [0.1, 0.15) is 21.7 Å². The van der Waals surface area contributed by atoms with E-state index < -0.39 is 53.5 Å². The summed E-state index contributed by atoms with van der Waals surface area (Å²) in [4.78, 5) is 32.2. The molecular weight excluding hydrogens is 487 g/mol. The number of amides is 1. The molecule has 0 atom stereocenters. The lowest BCUT2D eigenvalue weighted by Crippen LogP contribution is -2.37. The van der Waals surface area contributed by atoms with Crippen molar-refractivity contribution >= 4 is 17.6 Å². The Morgan fingerprint density at radius 2 is 1.54 bits per heavy atom. The molecule has 0 aliphatic rings. The summed E-state index contributed by atoms with van der Waals surface area (Å²) in [6.07, 6.45) is -8.38. The molecule has 184 valence electrons. The molecule has 0 N–H and O–H groups in total. The smallest absolute Gasteiger partial charge is 0.433 e. The van der Waals surface area contributed by atoms with Crippen molar-refractivity contribution < 1.29 is 45.1 Å². The third-order valence-corrected chi connectivity index (χ3v) is 4.67. The lowest BCUT2D eigenvalue weighted by atomic mass is 10.0. The van der Waals surface area contributed by atoms with E-state index in [2.05, 4.69) is 14.7 Å². The first-order valence-electron chi connectivity index (χ1n) is 9.57. The minimum absolute atomic E-state index is 0.00324. The van der Waals surface area contributed by atoms with E-state index in [0.717, 1.165) is 19.4 Å². The van der Waals surface area contributed by atoms with Crippen molar-refractivity contribution in [2.24, 2.45) is 0 Å². The highest BCUT2D eigenvalue weighted by molar-refractivity contribution is 6.10. The number of esters is 1. The van der Waals surface area contributed by atoms with Crippen LogP contribution in [0.25, 0.3) is 11.1 Å². The predicted molar refractivity (Wildman–Crippen MR) is 108 cm³/mol. The largest absolute Gasteiger partial charge is 0.468 e. The van der Waals surface area contributed by atoms with Crippen molar-refractivity contribution in [2.45, 2.75) is 12.4 Å². The fourth-order valence-corrected chi connectivity index (χ4v) is 3.07. The van der Waals surface area contributed by atoms with E-state index in [4.69, 9.17) is 0 Å². The molecule has 0 unspecified atom stereocenters. The molecule has 0 fully saturated rings. The summed E-state index contributed by atoms with van der Waals surface area (Å²) in [5.41, 5.74) is -5.31. The molecule has 2 heterocycles. The highest BCUT2D eigenvalue weighted by atomic mass is 19.4. The number of pyridine rings is 2. The molecule has 0 bridgehead atoms. The van der Waals surface area contributed by atoms with Gasteiger partial charge in [-0.1, -0.05) is 18.2 Å². The number of nitrogens with zero attached hydrogens (tertiary/aromatic N) is 3. The van der Waals surface area contributed by atoms with Crippen LogP contribution in [0.15, 0.2) is 54.9 Å². The number of carbonyl (C=O) groups is 2. The Balaban J connectivity index is 2.22. The van der Waals surface area contributed by atoms with Gasteiger partial charge in [-0.25, -0.2) is 9.37 Å². The molecule has 0 aliphatic carbocycles. The Morgan fingerprint density at radius 3 is 2.09 bits per heavy atom. The number of anilines is 1. The van der Waals surface area contributed by atoms with Gasteiger partial charge in [0.1, 0.15) is 23.7 Å². The van der Waals surface area contributed by atoms with Crippen molar-refractivity contribution in [3.8, 4) is 11.1 Å². The van der Waals surface area contributed by atoms with Crippen LogP contribution < -0.4 is 4.90 Å². The molecule has 2 aromatic heterocycles. The van der Waals surface area contributed by atoms with E-state index in [-0.39, 0.29) is 28.9 Å². The topological polar surface area (TPSA) is 72.4 Å². The molecule has 0 aliphatic heterocycles. The third kappa shape index (κ3) is 5.73. The first-order chi connectivity index (χ1) is 16.3. The monoisotopic (exact) mass is 501 g/mol. The zero-order chi connectivity index (χ0) is 26.0. The zero-order valence-electron chi connectivity index (χ0n) is 17.6. The molecule has 3 rings (SSSR count). The minimum atomic E-state index is -5.31. The minimum Gasteiger partial charge on any atom is -0.468 e. The van der Waals surface area contributed by atoms with E-state index in [1.165, 1.54) is 30.5 Å². The maximum Gasteiger partial charge on any atom is 0.433 e. The van der Waals surface area contributed by atoms with Gasteiger partial charge in [0.15, 0.2) is 0 Å². The number of alkyl halides is 6. The SMILES string of the molecule is COC(=O)CN(C(=O)c1cc(C(F)(F)F)nc(C(F)(F)F)c1)c1cnccc1-c1ccccc1F. The van der Waals surface area contributed by atoms with Crippen LogP contribution in [0.3, 0.4) is 0 Å². The summed E-state index contributed by atoms with van der Waals surface area (Å²) < 4.78 is 98.4. The predicted octanol–water partition coefficient (Wildman–Crippen LogP) is 5.14. The maximum atomic E-state index is 14.5. The molecule has 1 amide bonds. The molecule has 0 saturated heterocycles. The summed E-state index contributed by atoms with van der Waals surface area (Å²) in [5.74, 6) is -3.23. The van der Waals surface area contributed by atoms with Crippen LogP contribution in [0.4, 0.5) is 36.4 Å². The molecule has 13 heteroatoms. The van der Waals surface area contributed by atoms with E-state index in [1.54, 1.807) is 0 Å². The summed E-state index contributed by atoms with van der Waals surface area (Å²) in [7, 11) is 0.960. The van der Waals surface area contributed by atoms with Crippen molar-refractivity contribution in [1.82, 2.24) is 9.97 Å². The van der Waals surface area contributed by atoms with Gasteiger partial charge in [-0.2, -0.15) is 26.3 Å². The van der Waals surface area contributed by atoms with Crippen LogP contribution >= 0.6 is 0 Å². The molecule has 1 aromatic carbocycles. The second-order valence-corrected chi connectivity index (χ2v) is 6.96. The molecule has 6 nitrogen and oxygen atoms in total. The van der Waals surface area contributed by atoms with Gasteiger partial charge in [0.05, 0.1) is 19.0 Å². The highest BCUT2D eigenvalue weighted by Crippen LogP contribution is 2.36. The average molecular weight is 501 g/mol. The van der Waals surface area contributed by atoms with E-state index in [9.17, 15) is 40.3 Å². The molecule has 0 radical (unpaired) electrons. The molecular formula is C22H14F7N3O3. The summed E-state index contributed by atoms with van der Waals surface area (Å²) in [6.45, 7) is -0.923. The number of halogens is 7. The fraction of sp³-hybridized carbons (Fsp3) is 0.182. The average Bonchev–Trinajstić information content (AvgIpc) is 2.81. The van der Waals surface area contributed by atoms with Crippen molar-refractivity contribution in [2.75, 3.05) is 18.6 Å². The number of methoxy groups -OCH3 is 1. The van der Waals surface area contributed by atoms with Gasteiger partial charge >= 0.3 is 18.3 Å². The number of aromatic nitrogens is 2. The van der Waals surface area contributed by atoms with Crippen LogP contribution in [0.5, 0.6) is 0 Å². The van der Waals surface area contributed by atoms with Crippen LogP contribution in [0.2, 0.25) is 0 Å². The van der Waals surface area contributed by atoms with Crippen LogP contribution in [0, 0.1) is 5.82 Å². The Bertz CT molecular complexity index is 1230. The second-order valence-electron chi connectivity index (χ2n) is 6.96. The number of ether oxygens (including phenoxy) is 1. The standard InChI is InChI=1S/C22H14F7N3O3/c1-35-19(33)11-32(16-10-30-7-6-14(16)13-4-2-3-5-15(13)23)20(34)12-8-17(21(24,25)26)31-18(9-12)22(27,28)29/h2-10H,11H2,1H3. The quantitative estimate of drug-likeness (QED) is 0.358. The number of carbonyl (C=O) groups excluding carboxylic acids is 2. The molecule has 3 aromatic rings. The van der Waals surface area contributed by atoms with Gasteiger partial charge in [-0.3, -0.25) is 19.5 Å². The van der Waals surface area contributed by atoms with Crippen molar-refractivity contribution in [3.05, 3.63) is 77.6 Å². The van der Waals surface area contributed by atoms with Gasteiger partial charge in [0.2, 0.25) is 0 Å². The Labute approximate surface area is 193 Å². The summed E-state index contributed by atoms with van der Waals surface area (Å²) in [5, 5.41) is 0. The highest BCUT2D eigenvalue weighted by Gasteiger charge is 2.40. The Hall–Kier alpha value is -4.03. The first-order valence-corrected chi connectivity index (χ1v) is 9.57. The summed E-state index contributed by atoms with van der Waals surface area (Å²) >= 11 is 0. The molecule has 35 heavy (non-hydrogen) atoms. The number of hydrogen-bond donors (Lipinski definition) is 0. The third-order valence-electron chi connectivity index (χ3n) is 4.67. The Kier molecular flexibility index (Phi) is 7.08. The van der Waals surface area contributed by atoms with Crippen LogP contribution in [-0.2, 0) is 21.9 Å². The van der Waals surface area contributed by atoms with E-state index in [0.29, 0.717) is 4.90 Å². The zero-order valence-corrected chi connectivity index (χ0v) is 17.6. The Morgan fingerprint density at radius 1 is 0.943 bits per heavy atom. The molecule has 0 saturated carbocycles. The number of hydrogen-bond acceptors (Lipinski definition) is 5. The van der Waals surface area contributed by atoms with Crippen LogP contribution in [-0.4, -0.2) is 35.5 Å². The molecule has 0 spiro atoms. The lowest BCUT2D eigenvalue weighted by molar-refractivity contribution is -0.150. The van der Waals surface area contributed by atoms with E-state index >= 15 is 0 Å². The summed E-state index contributed by atoms with van der Waals surface area (Å²) in [6, 6.07) is 6.78. The van der Waals surface area contributed by atoms with Gasteiger partial charge in [0.25, 0.3) is 5.91 Å². The van der Waals surface area contributed by atoms with Gasteiger partial charge in [0, 0.05) is 22.9 Å². The van der Waals surface area contributed by atoms with Gasteiger partial charge < -0.3 is 4.74 Å². The lowest BCUT2D eigenvalue weighted by Gasteiger charge is -2.25. The van der Waals surface area contributed by atoms with Crippen molar-refractivity contribution in [3.63, 3.8) is 0 Å². The van der Waals surface area contributed by atoms with Gasteiger partial charge in [-0.15, -0.1) is 0 Å². The first kappa shape index (κ1) is 25.6. The maximum absolute atomic E-state index is 14.5. The second kappa shape index (κ2) is 9.68. The van der Waals surface area contributed by atoms with Crippen molar-refractivity contribution in [1.29, 1.82) is 0 Å². The number of rotatable bonds is 5. The number of benzene rings is 1. The fourth-order valence-electron chi connectivity index (χ4n) is 3.07.